The van der Waals surface area contributed by atoms with Crippen molar-refractivity contribution >= 4 is 0 Å². The second-order valence-corrected chi connectivity index (χ2v) is 4.44. The predicted octanol–water partition coefficient (Wildman–Crippen LogP) is 0.441. The van der Waals surface area contributed by atoms with Crippen LogP contribution in [0.3, 0.4) is 0 Å². The SMILES string of the molecule is CCC(C)(O)CN1CCN[C@H](C)C1. The Hall–Kier alpha value is -0.120. The van der Waals surface area contributed by atoms with E-state index in [1.54, 1.807) is 0 Å². The largest absolute Gasteiger partial charge is 0.389 e. The average molecular weight is 186 g/mol. The molecule has 1 fully saturated rings. The van der Waals surface area contributed by atoms with Crippen molar-refractivity contribution in [3.8, 4) is 0 Å². The highest BCUT2D eigenvalue weighted by atomic mass is 16.3. The minimum atomic E-state index is -0.517. The molecule has 0 aromatic carbocycles. The highest BCUT2D eigenvalue weighted by Crippen LogP contribution is 2.12. The number of nitrogens with zero attached hydrogens (tertiary/aromatic N) is 1. The fraction of sp³-hybridized carbons (Fsp3) is 1.00. The first-order chi connectivity index (χ1) is 6.03. The summed E-state index contributed by atoms with van der Waals surface area (Å²) >= 11 is 0. The van der Waals surface area contributed by atoms with Gasteiger partial charge in [0.2, 0.25) is 0 Å². The standard InChI is InChI=1S/C10H22N2O/c1-4-10(3,13)8-12-6-5-11-9(2)7-12/h9,11,13H,4-8H2,1-3H3/t9-,10?/m1/s1. The molecule has 1 saturated heterocycles. The Morgan fingerprint density at radius 1 is 1.62 bits per heavy atom. The van der Waals surface area contributed by atoms with Gasteiger partial charge in [-0.15, -0.1) is 0 Å². The van der Waals surface area contributed by atoms with Gasteiger partial charge in [0.15, 0.2) is 0 Å². The van der Waals surface area contributed by atoms with Gasteiger partial charge in [-0.1, -0.05) is 6.92 Å². The number of aliphatic hydroxyl groups is 1. The molecule has 0 aromatic heterocycles. The molecule has 78 valence electrons. The lowest BCUT2D eigenvalue weighted by Crippen LogP contribution is -2.53. The Morgan fingerprint density at radius 3 is 2.85 bits per heavy atom. The Bertz CT molecular complexity index is 159. The number of piperazine rings is 1. The summed E-state index contributed by atoms with van der Waals surface area (Å²) in [7, 11) is 0. The Balaban J connectivity index is 2.35. The van der Waals surface area contributed by atoms with Crippen LogP contribution in [0.4, 0.5) is 0 Å². The summed E-state index contributed by atoms with van der Waals surface area (Å²) in [6, 6.07) is 0.557. The quantitative estimate of drug-likeness (QED) is 0.671. The van der Waals surface area contributed by atoms with Crippen molar-refractivity contribution in [2.24, 2.45) is 0 Å². The van der Waals surface area contributed by atoms with Crippen LogP contribution >= 0.6 is 0 Å². The number of hydrogen-bond donors (Lipinski definition) is 2. The molecule has 0 saturated carbocycles. The summed E-state index contributed by atoms with van der Waals surface area (Å²) in [5, 5.41) is 13.3. The molecule has 1 unspecified atom stereocenters. The summed E-state index contributed by atoms with van der Waals surface area (Å²) in [6.45, 7) is 10.1. The first kappa shape index (κ1) is 11.0. The van der Waals surface area contributed by atoms with Gasteiger partial charge in [-0.05, 0) is 20.3 Å². The zero-order chi connectivity index (χ0) is 9.90. The molecule has 1 heterocycles. The third kappa shape index (κ3) is 3.63. The molecule has 3 heteroatoms. The van der Waals surface area contributed by atoms with Gasteiger partial charge in [-0.3, -0.25) is 4.90 Å². The number of hydrogen-bond acceptors (Lipinski definition) is 3. The van der Waals surface area contributed by atoms with E-state index in [1.807, 2.05) is 13.8 Å². The van der Waals surface area contributed by atoms with Crippen LogP contribution in [0.5, 0.6) is 0 Å². The molecule has 0 radical (unpaired) electrons. The molecule has 2 N–H and O–H groups in total. The van der Waals surface area contributed by atoms with Gasteiger partial charge in [0.25, 0.3) is 0 Å². The molecule has 0 amide bonds. The molecule has 1 aliphatic rings. The van der Waals surface area contributed by atoms with Gasteiger partial charge in [0.05, 0.1) is 5.60 Å². The van der Waals surface area contributed by atoms with Gasteiger partial charge in [0.1, 0.15) is 0 Å². The first-order valence-corrected chi connectivity index (χ1v) is 5.21. The van der Waals surface area contributed by atoms with E-state index < -0.39 is 5.60 Å². The molecule has 0 spiro atoms. The van der Waals surface area contributed by atoms with Crippen molar-refractivity contribution in [3.63, 3.8) is 0 Å². The van der Waals surface area contributed by atoms with Crippen LogP contribution < -0.4 is 5.32 Å². The van der Waals surface area contributed by atoms with Gasteiger partial charge < -0.3 is 10.4 Å². The lowest BCUT2D eigenvalue weighted by atomic mass is 10.0. The zero-order valence-corrected chi connectivity index (χ0v) is 9.01. The van der Waals surface area contributed by atoms with Crippen molar-refractivity contribution in [2.75, 3.05) is 26.2 Å². The highest BCUT2D eigenvalue weighted by molar-refractivity contribution is 4.81. The lowest BCUT2D eigenvalue weighted by molar-refractivity contribution is 0.00936. The smallest absolute Gasteiger partial charge is 0.0743 e. The van der Waals surface area contributed by atoms with Crippen LogP contribution in [0.15, 0.2) is 0 Å². The number of β-amino-alcohol motifs (C(OH)–C–C–N with tert-alkyl or cyclic N) is 1. The molecular formula is C10H22N2O. The average Bonchev–Trinajstić information content (AvgIpc) is 2.03. The van der Waals surface area contributed by atoms with E-state index in [0.717, 1.165) is 32.6 Å². The molecule has 1 rings (SSSR count). The predicted molar refractivity (Wildman–Crippen MR) is 54.8 cm³/mol. The van der Waals surface area contributed by atoms with Crippen molar-refractivity contribution in [1.82, 2.24) is 10.2 Å². The minimum Gasteiger partial charge on any atom is -0.389 e. The van der Waals surface area contributed by atoms with E-state index in [9.17, 15) is 5.11 Å². The first-order valence-electron chi connectivity index (χ1n) is 5.21. The maximum Gasteiger partial charge on any atom is 0.0743 e. The maximum absolute atomic E-state index is 9.90. The molecule has 2 atom stereocenters. The van der Waals surface area contributed by atoms with E-state index in [0.29, 0.717) is 6.04 Å². The topological polar surface area (TPSA) is 35.5 Å². The fourth-order valence-corrected chi connectivity index (χ4v) is 1.75. The second-order valence-electron chi connectivity index (χ2n) is 4.44. The summed E-state index contributed by atoms with van der Waals surface area (Å²) < 4.78 is 0. The van der Waals surface area contributed by atoms with Gasteiger partial charge >= 0.3 is 0 Å². The van der Waals surface area contributed by atoms with E-state index in [2.05, 4.69) is 17.1 Å². The number of nitrogens with one attached hydrogen (secondary N) is 1. The summed E-state index contributed by atoms with van der Waals surface area (Å²) in [5.74, 6) is 0. The van der Waals surface area contributed by atoms with E-state index >= 15 is 0 Å². The highest BCUT2D eigenvalue weighted by Gasteiger charge is 2.24. The Labute approximate surface area is 81.1 Å². The van der Waals surface area contributed by atoms with E-state index in [4.69, 9.17) is 0 Å². The van der Waals surface area contributed by atoms with Gasteiger partial charge in [-0.25, -0.2) is 0 Å². The van der Waals surface area contributed by atoms with Crippen molar-refractivity contribution < 1.29 is 5.11 Å². The molecular weight excluding hydrogens is 164 g/mol. The molecule has 1 aliphatic heterocycles. The Kier molecular flexibility index (Phi) is 3.71. The summed E-state index contributed by atoms with van der Waals surface area (Å²) in [4.78, 5) is 2.34. The van der Waals surface area contributed by atoms with E-state index in [1.165, 1.54) is 0 Å². The van der Waals surface area contributed by atoms with Crippen LogP contribution in [0, 0.1) is 0 Å². The third-order valence-electron chi connectivity index (χ3n) is 2.78. The van der Waals surface area contributed by atoms with Crippen LogP contribution in [0.2, 0.25) is 0 Å². The lowest BCUT2D eigenvalue weighted by Gasteiger charge is -2.36. The van der Waals surface area contributed by atoms with Crippen molar-refractivity contribution in [1.29, 1.82) is 0 Å². The third-order valence-corrected chi connectivity index (χ3v) is 2.78. The van der Waals surface area contributed by atoms with Crippen LogP contribution in [0.25, 0.3) is 0 Å². The van der Waals surface area contributed by atoms with Crippen LogP contribution in [-0.4, -0.2) is 47.8 Å². The van der Waals surface area contributed by atoms with Gasteiger partial charge in [0, 0.05) is 32.2 Å². The molecule has 0 aromatic rings. The fourth-order valence-electron chi connectivity index (χ4n) is 1.75. The molecule has 0 aliphatic carbocycles. The van der Waals surface area contributed by atoms with Crippen LogP contribution in [-0.2, 0) is 0 Å². The second kappa shape index (κ2) is 4.40. The summed E-state index contributed by atoms with van der Waals surface area (Å²) in [6.07, 6.45) is 0.825. The van der Waals surface area contributed by atoms with Crippen LogP contribution in [0.1, 0.15) is 27.2 Å². The van der Waals surface area contributed by atoms with Crippen molar-refractivity contribution in [2.45, 2.75) is 38.8 Å². The molecule has 3 nitrogen and oxygen atoms in total. The Morgan fingerprint density at radius 2 is 2.31 bits per heavy atom. The number of rotatable bonds is 3. The normalized spacial score (nSPS) is 30.0. The minimum absolute atomic E-state index is 0.517. The van der Waals surface area contributed by atoms with Crippen molar-refractivity contribution in [3.05, 3.63) is 0 Å². The van der Waals surface area contributed by atoms with E-state index in [-0.39, 0.29) is 0 Å². The van der Waals surface area contributed by atoms with Gasteiger partial charge in [-0.2, -0.15) is 0 Å². The maximum atomic E-state index is 9.90. The summed E-state index contributed by atoms with van der Waals surface area (Å²) in [5.41, 5.74) is -0.517. The molecule has 0 bridgehead atoms. The zero-order valence-electron chi connectivity index (χ0n) is 9.01. The molecule has 13 heavy (non-hydrogen) atoms. The monoisotopic (exact) mass is 186 g/mol.